The second kappa shape index (κ2) is 6.18. The lowest BCUT2D eigenvalue weighted by molar-refractivity contribution is -0.128. The Labute approximate surface area is 126 Å². The maximum atomic E-state index is 12.7. The van der Waals surface area contributed by atoms with E-state index in [0.717, 1.165) is 38.5 Å². The minimum Gasteiger partial charge on any atom is -0.349 e. The number of amides is 1. The summed E-state index contributed by atoms with van der Waals surface area (Å²) in [6, 6.07) is 0.135. The molecule has 1 amide bonds. The van der Waals surface area contributed by atoms with Crippen LogP contribution in [0.25, 0.3) is 0 Å². The summed E-state index contributed by atoms with van der Waals surface area (Å²) in [5.41, 5.74) is 8.33. The third-order valence-corrected chi connectivity index (χ3v) is 5.24. The molecule has 0 saturated heterocycles. The van der Waals surface area contributed by atoms with E-state index >= 15 is 0 Å². The van der Waals surface area contributed by atoms with Crippen LogP contribution in [-0.2, 0) is 18.3 Å². The summed E-state index contributed by atoms with van der Waals surface area (Å²) in [4.78, 5) is 12.7. The van der Waals surface area contributed by atoms with Crippen LogP contribution >= 0.6 is 0 Å². The lowest BCUT2D eigenvalue weighted by atomic mass is 9.78. The van der Waals surface area contributed by atoms with Crippen LogP contribution in [0.1, 0.15) is 55.8 Å². The zero-order valence-corrected chi connectivity index (χ0v) is 12.8. The predicted molar refractivity (Wildman–Crippen MR) is 81.5 cm³/mol. The molecule has 116 valence electrons. The van der Waals surface area contributed by atoms with Crippen LogP contribution in [0.2, 0.25) is 0 Å². The number of carbonyl (C=O) groups is 1. The maximum absolute atomic E-state index is 12.7. The fraction of sp³-hybridized carbons (Fsp3) is 0.750. The molecule has 0 radical (unpaired) electrons. The minimum atomic E-state index is 0.103. The predicted octanol–water partition coefficient (Wildman–Crippen LogP) is 1.68. The number of nitrogens with zero attached hydrogens (tertiary/aromatic N) is 2. The molecule has 3 atom stereocenters. The van der Waals surface area contributed by atoms with Gasteiger partial charge in [0, 0.05) is 24.2 Å². The second-order valence-corrected chi connectivity index (χ2v) is 6.51. The SMILES string of the molecule is Cn1ncc2c1CCCC2NC(=O)C1CCCCC1CN. The fourth-order valence-corrected chi connectivity index (χ4v) is 3.97. The molecule has 1 fully saturated rings. The molecule has 5 nitrogen and oxygen atoms in total. The summed E-state index contributed by atoms with van der Waals surface area (Å²) in [5, 5.41) is 7.62. The lowest BCUT2D eigenvalue weighted by Crippen LogP contribution is -2.41. The number of hydrogen-bond acceptors (Lipinski definition) is 3. The molecule has 1 heterocycles. The molecule has 2 aliphatic carbocycles. The smallest absolute Gasteiger partial charge is 0.223 e. The first-order chi connectivity index (χ1) is 10.2. The highest BCUT2D eigenvalue weighted by molar-refractivity contribution is 5.79. The topological polar surface area (TPSA) is 72.9 Å². The van der Waals surface area contributed by atoms with Crippen molar-refractivity contribution in [2.75, 3.05) is 6.54 Å². The van der Waals surface area contributed by atoms with E-state index in [1.54, 1.807) is 0 Å². The zero-order valence-electron chi connectivity index (χ0n) is 12.8. The zero-order chi connectivity index (χ0) is 14.8. The Bertz CT molecular complexity index is 510. The van der Waals surface area contributed by atoms with Gasteiger partial charge in [0.1, 0.15) is 0 Å². The largest absolute Gasteiger partial charge is 0.349 e. The van der Waals surface area contributed by atoms with E-state index in [0.29, 0.717) is 12.5 Å². The van der Waals surface area contributed by atoms with Gasteiger partial charge in [-0.2, -0.15) is 5.10 Å². The number of nitrogens with one attached hydrogen (secondary N) is 1. The van der Waals surface area contributed by atoms with Gasteiger partial charge in [-0.3, -0.25) is 9.48 Å². The van der Waals surface area contributed by atoms with E-state index in [1.165, 1.54) is 17.7 Å². The number of carbonyl (C=O) groups excluding carboxylic acids is 1. The van der Waals surface area contributed by atoms with Gasteiger partial charge in [0.15, 0.2) is 0 Å². The molecule has 0 aromatic carbocycles. The highest BCUT2D eigenvalue weighted by atomic mass is 16.2. The lowest BCUT2D eigenvalue weighted by Gasteiger charge is -2.32. The van der Waals surface area contributed by atoms with E-state index in [-0.39, 0.29) is 17.9 Å². The van der Waals surface area contributed by atoms with Crippen LogP contribution in [0.3, 0.4) is 0 Å². The van der Waals surface area contributed by atoms with Crippen molar-refractivity contribution in [2.45, 2.75) is 51.0 Å². The quantitative estimate of drug-likeness (QED) is 0.889. The number of rotatable bonds is 3. The molecule has 21 heavy (non-hydrogen) atoms. The van der Waals surface area contributed by atoms with Gasteiger partial charge in [-0.15, -0.1) is 0 Å². The Morgan fingerprint density at radius 1 is 1.38 bits per heavy atom. The van der Waals surface area contributed by atoms with Crippen molar-refractivity contribution in [3.05, 3.63) is 17.5 Å². The molecule has 1 aromatic heterocycles. The van der Waals surface area contributed by atoms with E-state index < -0.39 is 0 Å². The molecule has 1 saturated carbocycles. The van der Waals surface area contributed by atoms with Crippen molar-refractivity contribution in [1.29, 1.82) is 0 Å². The molecule has 5 heteroatoms. The summed E-state index contributed by atoms with van der Waals surface area (Å²) in [6.45, 7) is 0.626. The van der Waals surface area contributed by atoms with Crippen LogP contribution in [0.4, 0.5) is 0 Å². The molecule has 2 aliphatic rings. The van der Waals surface area contributed by atoms with Crippen molar-refractivity contribution in [3.8, 4) is 0 Å². The number of hydrogen-bond donors (Lipinski definition) is 2. The van der Waals surface area contributed by atoms with Gasteiger partial charge in [0.25, 0.3) is 0 Å². The van der Waals surface area contributed by atoms with Gasteiger partial charge < -0.3 is 11.1 Å². The summed E-state index contributed by atoms with van der Waals surface area (Å²) in [7, 11) is 1.98. The molecule has 0 bridgehead atoms. The number of fused-ring (bicyclic) bond motifs is 1. The van der Waals surface area contributed by atoms with Gasteiger partial charge in [-0.25, -0.2) is 0 Å². The number of aromatic nitrogens is 2. The Kier molecular flexibility index (Phi) is 4.29. The maximum Gasteiger partial charge on any atom is 0.223 e. The van der Waals surface area contributed by atoms with E-state index in [1.807, 2.05) is 17.9 Å². The summed E-state index contributed by atoms with van der Waals surface area (Å²) < 4.78 is 1.94. The van der Waals surface area contributed by atoms with Gasteiger partial charge in [-0.05, 0) is 44.6 Å². The number of aryl methyl sites for hydroxylation is 1. The average Bonchev–Trinajstić information content (AvgIpc) is 2.90. The highest BCUT2D eigenvalue weighted by Gasteiger charge is 2.32. The van der Waals surface area contributed by atoms with Crippen LogP contribution in [-0.4, -0.2) is 22.2 Å². The molecular formula is C16H26N4O. The first kappa shape index (κ1) is 14.6. The first-order valence-electron chi connectivity index (χ1n) is 8.22. The highest BCUT2D eigenvalue weighted by Crippen LogP contribution is 2.33. The monoisotopic (exact) mass is 290 g/mol. The normalized spacial score (nSPS) is 29.0. The molecule has 0 spiro atoms. The van der Waals surface area contributed by atoms with E-state index in [4.69, 9.17) is 5.73 Å². The second-order valence-electron chi connectivity index (χ2n) is 6.51. The van der Waals surface area contributed by atoms with Crippen molar-refractivity contribution in [3.63, 3.8) is 0 Å². The van der Waals surface area contributed by atoms with Gasteiger partial charge in [0.05, 0.1) is 12.2 Å². The molecule has 0 aliphatic heterocycles. The Balaban J connectivity index is 1.70. The van der Waals surface area contributed by atoms with Crippen molar-refractivity contribution in [2.24, 2.45) is 24.6 Å². The average molecular weight is 290 g/mol. The minimum absolute atomic E-state index is 0.103. The van der Waals surface area contributed by atoms with Gasteiger partial charge in [-0.1, -0.05) is 12.8 Å². The summed E-state index contributed by atoms with van der Waals surface area (Å²) >= 11 is 0. The van der Waals surface area contributed by atoms with Crippen molar-refractivity contribution in [1.82, 2.24) is 15.1 Å². The van der Waals surface area contributed by atoms with Gasteiger partial charge >= 0.3 is 0 Å². The van der Waals surface area contributed by atoms with E-state index in [2.05, 4.69) is 10.4 Å². The van der Waals surface area contributed by atoms with E-state index in [9.17, 15) is 4.79 Å². The number of nitrogens with two attached hydrogens (primary N) is 1. The molecule has 3 rings (SSSR count). The Morgan fingerprint density at radius 2 is 2.19 bits per heavy atom. The molecule has 3 N–H and O–H groups in total. The third-order valence-electron chi connectivity index (χ3n) is 5.24. The van der Waals surface area contributed by atoms with Crippen molar-refractivity contribution >= 4 is 5.91 Å². The summed E-state index contributed by atoms with van der Waals surface area (Å²) in [6.07, 6.45) is 9.55. The van der Waals surface area contributed by atoms with Crippen LogP contribution in [0.5, 0.6) is 0 Å². The molecular weight excluding hydrogens is 264 g/mol. The standard InChI is InChI=1S/C16H26N4O/c1-20-15-8-4-7-14(13(15)10-18-20)19-16(21)12-6-3-2-5-11(12)9-17/h10-12,14H,2-9,17H2,1H3,(H,19,21). The molecule has 1 aromatic rings. The van der Waals surface area contributed by atoms with Crippen molar-refractivity contribution < 1.29 is 4.79 Å². The summed E-state index contributed by atoms with van der Waals surface area (Å²) in [5.74, 6) is 0.661. The Morgan fingerprint density at radius 3 is 3.00 bits per heavy atom. The molecule has 3 unspecified atom stereocenters. The Hall–Kier alpha value is -1.36. The third kappa shape index (κ3) is 2.84. The van der Waals surface area contributed by atoms with Crippen LogP contribution in [0, 0.1) is 11.8 Å². The van der Waals surface area contributed by atoms with Crippen LogP contribution in [0.15, 0.2) is 6.20 Å². The van der Waals surface area contributed by atoms with Gasteiger partial charge in [0.2, 0.25) is 5.91 Å². The van der Waals surface area contributed by atoms with Crippen LogP contribution < -0.4 is 11.1 Å². The fourth-order valence-electron chi connectivity index (χ4n) is 3.97. The first-order valence-corrected chi connectivity index (χ1v) is 8.22.